The van der Waals surface area contributed by atoms with Crippen LogP contribution in [-0.4, -0.2) is 5.11 Å². The molecule has 68 valence electrons. The van der Waals surface area contributed by atoms with E-state index in [1.54, 1.807) is 26.0 Å². The average molecular weight is 175 g/mol. The van der Waals surface area contributed by atoms with Gasteiger partial charge >= 0.3 is 0 Å². The summed E-state index contributed by atoms with van der Waals surface area (Å²) in [6.07, 6.45) is 0. The van der Waals surface area contributed by atoms with Crippen molar-refractivity contribution in [2.45, 2.75) is 26.4 Å². The Bertz CT molecular complexity index is 355. The van der Waals surface area contributed by atoms with Crippen LogP contribution >= 0.6 is 0 Å². The molecular formula is C11H13NO. The summed E-state index contributed by atoms with van der Waals surface area (Å²) in [6.45, 7) is 5.33. The summed E-state index contributed by atoms with van der Waals surface area (Å²) in [5.41, 5.74) is 1.57. The standard InChI is InChI=1S/C11H13NO/c1-8-6-10(11(2,3)13)5-4-9(8)7-12/h4-6,13H,1-3H3. The van der Waals surface area contributed by atoms with E-state index in [2.05, 4.69) is 6.07 Å². The number of nitriles is 1. The molecule has 2 heteroatoms. The average Bonchev–Trinajstić information content (AvgIpc) is 2.02. The number of hydrogen-bond acceptors (Lipinski definition) is 2. The number of aryl methyl sites for hydroxylation is 1. The summed E-state index contributed by atoms with van der Waals surface area (Å²) in [7, 11) is 0. The van der Waals surface area contributed by atoms with Crippen molar-refractivity contribution in [3.05, 3.63) is 34.9 Å². The predicted molar refractivity (Wildman–Crippen MR) is 51.1 cm³/mol. The van der Waals surface area contributed by atoms with Crippen LogP contribution in [0.1, 0.15) is 30.5 Å². The molecule has 0 heterocycles. The van der Waals surface area contributed by atoms with Crippen molar-refractivity contribution in [1.29, 1.82) is 5.26 Å². The van der Waals surface area contributed by atoms with Gasteiger partial charge in [0.2, 0.25) is 0 Å². The molecule has 1 aromatic rings. The molecule has 1 N–H and O–H groups in total. The highest BCUT2D eigenvalue weighted by Crippen LogP contribution is 2.21. The summed E-state index contributed by atoms with van der Waals surface area (Å²) in [5, 5.41) is 18.4. The molecule has 13 heavy (non-hydrogen) atoms. The van der Waals surface area contributed by atoms with Gasteiger partial charge in [-0.05, 0) is 38.0 Å². The van der Waals surface area contributed by atoms with Crippen LogP contribution in [0.3, 0.4) is 0 Å². The molecule has 0 aliphatic carbocycles. The Balaban J connectivity index is 3.20. The number of hydrogen-bond donors (Lipinski definition) is 1. The Morgan fingerprint density at radius 3 is 2.38 bits per heavy atom. The molecule has 0 radical (unpaired) electrons. The number of rotatable bonds is 1. The molecule has 1 aromatic carbocycles. The lowest BCUT2D eigenvalue weighted by atomic mass is 9.95. The van der Waals surface area contributed by atoms with Crippen molar-refractivity contribution >= 4 is 0 Å². The van der Waals surface area contributed by atoms with Crippen LogP contribution in [0, 0.1) is 18.3 Å². The number of benzene rings is 1. The molecule has 0 aromatic heterocycles. The van der Waals surface area contributed by atoms with Gasteiger partial charge in [0, 0.05) is 0 Å². The van der Waals surface area contributed by atoms with Gasteiger partial charge in [-0.25, -0.2) is 0 Å². The lowest BCUT2D eigenvalue weighted by molar-refractivity contribution is 0.0785. The third-order valence-corrected chi connectivity index (χ3v) is 2.05. The Morgan fingerprint density at radius 2 is 2.00 bits per heavy atom. The lowest BCUT2D eigenvalue weighted by Gasteiger charge is -2.18. The first kappa shape index (κ1) is 9.76. The second kappa shape index (κ2) is 3.20. The van der Waals surface area contributed by atoms with Gasteiger partial charge in [0.15, 0.2) is 0 Å². The molecule has 0 aliphatic rings. The summed E-state index contributed by atoms with van der Waals surface area (Å²) < 4.78 is 0. The van der Waals surface area contributed by atoms with Crippen molar-refractivity contribution in [1.82, 2.24) is 0 Å². The van der Waals surface area contributed by atoms with Gasteiger partial charge < -0.3 is 5.11 Å². The Labute approximate surface area is 78.4 Å². The maximum atomic E-state index is 9.69. The second-order valence-corrected chi connectivity index (χ2v) is 3.70. The quantitative estimate of drug-likeness (QED) is 0.710. The van der Waals surface area contributed by atoms with Crippen LogP contribution < -0.4 is 0 Å². The van der Waals surface area contributed by atoms with Crippen LogP contribution in [0.5, 0.6) is 0 Å². The van der Waals surface area contributed by atoms with E-state index in [0.717, 1.165) is 11.1 Å². The first-order valence-electron chi connectivity index (χ1n) is 4.19. The van der Waals surface area contributed by atoms with Crippen LogP contribution in [0.25, 0.3) is 0 Å². The smallest absolute Gasteiger partial charge is 0.0994 e. The molecule has 0 spiro atoms. The third kappa shape index (κ3) is 2.07. The summed E-state index contributed by atoms with van der Waals surface area (Å²) >= 11 is 0. The molecule has 0 fully saturated rings. The van der Waals surface area contributed by atoms with Gasteiger partial charge in [0.25, 0.3) is 0 Å². The van der Waals surface area contributed by atoms with Crippen molar-refractivity contribution in [3.63, 3.8) is 0 Å². The highest BCUT2D eigenvalue weighted by Gasteiger charge is 2.16. The van der Waals surface area contributed by atoms with E-state index in [9.17, 15) is 5.11 Å². The maximum absolute atomic E-state index is 9.69. The zero-order chi connectivity index (χ0) is 10.1. The molecule has 0 atom stereocenters. The molecule has 0 unspecified atom stereocenters. The number of aliphatic hydroxyl groups is 1. The molecule has 0 amide bonds. The van der Waals surface area contributed by atoms with Crippen LogP contribution in [0.4, 0.5) is 0 Å². The fraction of sp³-hybridized carbons (Fsp3) is 0.364. The van der Waals surface area contributed by atoms with E-state index in [-0.39, 0.29) is 0 Å². The minimum atomic E-state index is -0.835. The van der Waals surface area contributed by atoms with E-state index in [1.807, 2.05) is 13.0 Å². The van der Waals surface area contributed by atoms with Crippen LogP contribution in [-0.2, 0) is 5.60 Å². The van der Waals surface area contributed by atoms with Crippen LogP contribution in [0.2, 0.25) is 0 Å². The number of nitrogens with zero attached hydrogens (tertiary/aromatic N) is 1. The van der Waals surface area contributed by atoms with Crippen molar-refractivity contribution < 1.29 is 5.11 Å². The molecular weight excluding hydrogens is 162 g/mol. The van der Waals surface area contributed by atoms with Gasteiger partial charge in [-0.15, -0.1) is 0 Å². The van der Waals surface area contributed by atoms with Crippen molar-refractivity contribution in [2.75, 3.05) is 0 Å². The minimum Gasteiger partial charge on any atom is -0.386 e. The largest absolute Gasteiger partial charge is 0.386 e. The first-order valence-corrected chi connectivity index (χ1v) is 4.19. The van der Waals surface area contributed by atoms with Gasteiger partial charge in [0.1, 0.15) is 0 Å². The Hall–Kier alpha value is -1.33. The molecule has 0 bridgehead atoms. The SMILES string of the molecule is Cc1cc(C(C)(C)O)ccc1C#N. The summed E-state index contributed by atoms with van der Waals surface area (Å²) in [4.78, 5) is 0. The fourth-order valence-electron chi connectivity index (χ4n) is 1.17. The predicted octanol–water partition coefficient (Wildman–Crippen LogP) is 2.09. The normalized spacial score (nSPS) is 11.0. The Kier molecular flexibility index (Phi) is 2.40. The van der Waals surface area contributed by atoms with Gasteiger partial charge in [-0.2, -0.15) is 5.26 Å². The molecule has 0 saturated heterocycles. The topological polar surface area (TPSA) is 44.0 Å². The zero-order valence-electron chi connectivity index (χ0n) is 8.13. The van der Waals surface area contributed by atoms with Crippen molar-refractivity contribution in [3.8, 4) is 6.07 Å². The van der Waals surface area contributed by atoms with Gasteiger partial charge in [0.05, 0.1) is 17.2 Å². The van der Waals surface area contributed by atoms with E-state index < -0.39 is 5.60 Å². The monoisotopic (exact) mass is 175 g/mol. The van der Waals surface area contributed by atoms with Crippen molar-refractivity contribution in [2.24, 2.45) is 0 Å². The molecule has 0 saturated carbocycles. The second-order valence-electron chi connectivity index (χ2n) is 3.70. The molecule has 1 rings (SSSR count). The van der Waals surface area contributed by atoms with E-state index in [4.69, 9.17) is 5.26 Å². The Morgan fingerprint density at radius 1 is 1.38 bits per heavy atom. The maximum Gasteiger partial charge on any atom is 0.0994 e. The van der Waals surface area contributed by atoms with E-state index >= 15 is 0 Å². The molecule has 2 nitrogen and oxygen atoms in total. The van der Waals surface area contributed by atoms with E-state index in [1.165, 1.54) is 0 Å². The first-order chi connectivity index (χ1) is 5.95. The third-order valence-electron chi connectivity index (χ3n) is 2.05. The van der Waals surface area contributed by atoms with Crippen LogP contribution in [0.15, 0.2) is 18.2 Å². The zero-order valence-corrected chi connectivity index (χ0v) is 8.13. The van der Waals surface area contributed by atoms with E-state index in [0.29, 0.717) is 5.56 Å². The minimum absolute atomic E-state index is 0.660. The summed E-state index contributed by atoms with van der Waals surface area (Å²) in [5.74, 6) is 0. The summed E-state index contributed by atoms with van der Waals surface area (Å²) in [6, 6.07) is 7.46. The highest BCUT2D eigenvalue weighted by atomic mass is 16.3. The highest BCUT2D eigenvalue weighted by molar-refractivity contribution is 5.40. The lowest BCUT2D eigenvalue weighted by Crippen LogP contribution is -2.15. The fourth-order valence-corrected chi connectivity index (χ4v) is 1.17. The van der Waals surface area contributed by atoms with Gasteiger partial charge in [-0.1, -0.05) is 12.1 Å². The van der Waals surface area contributed by atoms with Gasteiger partial charge in [-0.3, -0.25) is 0 Å². The molecule has 0 aliphatic heterocycles.